The first-order valence-corrected chi connectivity index (χ1v) is 13.7. The van der Waals surface area contributed by atoms with Crippen LogP contribution in [0.3, 0.4) is 0 Å². The fourth-order valence-corrected chi connectivity index (χ4v) is 5.35. The molecule has 2 aromatic heterocycles. The van der Waals surface area contributed by atoms with Crippen molar-refractivity contribution >= 4 is 27.3 Å². The molecule has 1 amide bonds. The average Bonchev–Trinajstić information content (AvgIpc) is 3.47. The summed E-state index contributed by atoms with van der Waals surface area (Å²) in [5.74, 6) is -0.219. The Kier molecular flexibility index (Phi) is 6.80. The van der Waals surface area contributed by atoms with Crippen molar-refractivity contribution in [3.8, 4) is 5.75 Å². The summed E-state index contributed by atoms with van der Waals surface area (Å²) < 4.78 is 64.3. The number of halogens is 2. The molecule has 9 nitrogen and oxygen atoms in total. The predicted octanol–water partition coefficient (Wildman–Crippen LogP) is 3.48. The number of carbonyl (C=O) groups excluding carboxylic acids is 1. The van der Waals surface area contributed by atoms with Crippen LogP contribution in [-0.4, -0.2) is 61.2 Å². The monoisotopic (exact) mass is 533 g/mol. The van der Waals surface area contributed by atoms with Crippen molar-refractivity contribution in [2.75, 3.05) is 31.6 Å². The van der Waals surface area contributed by atoms with Crippen LogP contribution in [0.15, 0.2) is 42.7 Å². The maximum atomic E-state index is 14.8. The molecule has 2 aliphatic rings. The van der Waals surface area contributed by atoms with Gasteiger partial charge in [-0.25, -0.2) is 18.0 Å². The minimum absolute atomic E-state index is 0.0571. The van der Waals surface area contributed by atoms with Gasteiger partial charge in [0.25, 0.3) is 5.91 Å². The highest BCUT2D eigenvalue weighted by Gasteiger charge is 2.36. The molecule has 1 saturated carbocycles. The van der Waals surface area contributed by atoms with Crippen LogP contribution in [0.1, 0.15) is 48.1 Å². The van der Waals surface area contributed by atoms with Crippen LogP contribution in [0, 0.1) is 11.7 Å². The molecule has 1 aliphatic carbocycles. The summed E-state index contributed by atoms with van der Waals surface area (Å²) in [6, 6.07) is 7.23. The third-order valence-corrected chi connectivity index (χ3v) is 8.43. The van der Waals surface area contributed by atoms with Gasteiger partial charge in [-0.3, -0.25) is 4.79 Å². The van der Waals surface area contributed by atoms with E-state index in [2.05, 4.69) is 5.10 Å². The second-order valence-electron chi connectivity index (χ2n) is 9.56. The standard InChI is InChI=1S/C25H29F2N5O4S/c1-3-30(2)37(34,35)29-25(33)21-13-28-32-9-8-19(12-23(21)32)31-14-18(27)11-22(31)20-10-17(26)6-7-24(20)36-15-16-4-5-16/h6-10,12-13,16,18,22H,3-5,11,14-15H2,1-2H3,(H,29,33)/t18-,22+/m0/s1. The number of fused-ring (bicyclic) bond motifs is 1. The van der Waals surface area contributed by atoms with Crippen LogP contribution in [-0.2, 0) is 10.2 Å². The molecule has 2 fully saturated rings. The maximum absolute atomic E-state index is 14.8. The largest absolute Gasteiger partial charge is 0.493 e. The van der Waals surface area contributed by atoms with Gasteiger partial charge >= 0.3 is 10.2 Å². The van der Waals surface area contributed by atoms with E-state index >= 15 is 0 Å². The van der Waals surface area contributed by atoms with E-state index in [9.17, 15) is 22.0 Å². The number of pyridine rings is 1. The van der Waals surface area contributed by atoms with E-state index < -0.39 is 34.1 Å². The molecule has 0 bridgehead atoms. The second-order valence-corrected chi connectivity index (χ2v) is 11.3. The minimum atomic E-state index is -4.01. The molecule has 1 aliphatic heterocycles. The zero-order valence-electron chi connectivity index (χ0n) is 20.6. The van der Waals surface area contributed by atoms with Gasteiger partial charge in [-0.2, -0.15) is 17.8 Å². The Labute approximate surface area is 214 Å². The molecule has 0 unspecified atom stereocenters. The molecule has 37 heavy (non-hydrogen) atoms. The molecular weight excluding hydrogens is 504 g/mol. The summed E-state index contributed by atoms with van der Waals surface area (Å²) in [6.07, 6.45) is 4.12. The number of hydrogen-bond donors (Lipinski definition) is 1. The van der Waals surface area contributed by atoms with Gasteiger partial charge in [0.1, 0.15) is 17.7 Å². The Balaban J connectivity index is 1.47. The number of rotatable bonds is 9. The fourth-order valence-electron chi connectivity index (χ4n) is 4.51. The maximum Gasteiger partial charge on any atom is 0.303 e. The number of alkyl halides is 1. The highest BCUT2D eigenvalue weighted by Crippen LogP contribution is 2.42. The van der Waals surface area contributed by atoms with Crippen LogP contribution in [0.2, 0.25) is 0 Å². The number of benzene rings is 1. The molecule has 0 spiro atoms. The SMILES string of the molecule is CCN(C)S(=O)(=O)NC(=O)c1cnn2ccc(N3C[C@@H](F)C[C@@H]3c3cc(F)ccc3OCC3CC3)cc12. The van der Waals surface area contributed by atoms with Gasteiger partial charge in [-0.1, -0.05) is 6.92 Å². The van der Waals surface area contributed by atoms with Gasteiger partial charge in [-0.15, -0.1) is 0 Å². The number of carbonyl (C=O) groups is 1. The molecule has 2 atom stereocenters. The third kappa shape index (κ3) is 5.26. The third-order valence-electron chi connectivity index (χ3n) is 6.91. The lowest BCUT2D eigenvalue weighted by atomic mass is 10.0. The van der Waals surface area contributed by atoms with Crippen molar-refractivity contribution in [1.29, 1.82) is 0 Å². The first kappa shape index (κ1) is 25.4. The molecule has 5 rings (SSSR count). The van der Waals surface area contributed by atoms with E-state index in [4.69, 9.17) is 4.74 Å². The molecule has 1 N–H and O–H groups in total. The van der Waals surface area contributed by atoms with Crippen molar-refractivity contribution in [1.82, 2.24) is 18.6 Å². The minimum Gasteiger partial charge on any atom is -0.493 e. The molecule has 1 aromatic carbocycles. The molecular formula is C25H29F2N5O4S. The van der Waals surface area contributed by atoms with Crippen molar-refractivity contribution < 1.29 is 26.7 Å². The first-order chi connectivity index (χ1) is 17.7. The van der Waals surface area contributed by atoms with Gasteiger partial charge < -0.3 is 9.64 Å². The lowest BCUT2D eigenvalue weighted by Gasteiger charge is -2.28. The zero-order valence-corrected chi connectivity index (χ0v) is 21.4. The molecule has 3 aromatic rings. The highest BCUT2D eigenvalue weighted by atomic mass is 32.2. The number of nitrogens with one attached hydrogen (secondary N) is 1. The summed E-state index contributed by atoms with van der Waals surface area (Å²) in [6.45, 7) is 2.46. The Morgan fingerprint density at radius 1 is 1.27 bits per heavy atom. The molecule has 1 saturated heterocycles. The van der Waals surface area contributed by atoms with E-state index in [-0.39, 0.29) is 25.1 Å². The second kappa shape index (κ2) is 9.90. The van der Waals surface area contributed by atoms with Gasteiger partial charge in [0, 0.05) is 44.0 Å². The number of aromatic nitrogens is 2. The van der Waals surface area contributed by atoms with Gasteiger partial charge in [0.2, 0.25) is 0 Å². The van der Waals surface area contributed by atoms with Crippen molar-refractivity contribution in [3.63, 3.8) is 0 Å². The Morgan fingerprint density at radius 2 is 2.05 bits per heavy atom. The van der Waals surface area contributed by atoms with E-state index in [1.165, 1.54) is 29.9 Å². The molecule has 198 valence electrons. The smallest absolute Gasteiger partial charge is 0.303 e. The van der Waals surface area contributed by atoms with Crippen LogP contribution in [0.25, 0.3) is 5.52 Å². The van der Waals surface area contributed by atoms with Gasteiger partial charge in [-0.05, 0) is 49.1 Å². The number of anilines is 1. The first-order valence-electron chi connectivity index (χ1n) is 12.2. The van der Waals surface area contributed by atoms with E-state index in [1.54, 1.807) is 31.3 Å². The Morgan fingerprint density at radius 3 is 2.78 bits per heavy atom. The van der Waals surface area contributed by atoms with Gasteiger partial charge in [0.15, 0.2) is 0 Å². The van der Waals surface area contributed by atoms with Crippen LogP contribution < -0.4 is 14.4 Å². The van der Waals surface area contributed by atoms with Crippen molar-refractivity contribution in [3.05, 3.63) is 59.7 Å². The molecule has 3 heterocycles. The number of amides is 1. The van der Waals surface area contributed by atoms with Gasteiger partial charge in [0.05, 0.1) is 29.9 Å². The summed E-state index contributed by atoms with van der Waals surface area (Å²) in [7, 11) is -2.65. The Bertz CT molecular complexity index is 1430. The zero-order chi connectivity index (χ0) is 26.3. The predicted molar refractivity (Wildman–Crippen MR) is 134 cm³/mol. The summed E-state index contributed by atoms with van der Waals surface area (Å²) in [4.78, 5) is 14.7. The molecule has 12 heteroatoms. The van der Waals surface area contributed by atoms with E-state index in [0.29, 0.717) is 35.0 Å². The Hall–Kier alpha value is -3.25. The summed E-state index contributed by atoms with van der Waals surface area (Å²) in [5, 5.41) is 4.15. The van der Waals surface area contributed by atoms with Crippen molar-refractivity contribution in [2.45, 2.75) is 38.4 Å². The van der Waals surface area contributed by atoms with Crippen LogP contribution in [0.4, 0.5) is 14.5 Å². The van der Waals surface area contributed by atoms with Crippen LogP contribution >= 0.6 is 0 Å². The van der Waals surface area contributed by atoms with E-state index in [1.807, 2.05) is 9.62 Å². The van der Waals surface area contributed by atoms with Crippen molar-refractivity contribution in [2.24, 2.45) is 5.92 Å². The lowest BCUT2D eigenvalue weighted by molar-refractivity contribution is 0.0981. The molecule has 0 radical (unpaired) electrons. The fraction of sp³-hybridized carbons (Fsp3) is 0.440. The topological polar surface area (TPSA) is 96.2 Å². The highest BCUT2D eigenvalue weighted by molar-refractivity contribution is 7.87. The number of ether oxygens (including phenoxy) is 1. The number of hydrogen-bond acceptors (Lipinski definition) is 6. The van der Waals surface area contributed by atoms with Crippen LogP contribution in [0.5, 0.6) is 5.75 Å². The summed E-state index contributed by atoms with van der Waals surface area (Å²) >= 11 is 0. The average molecular weight is 534 g/mol. The quantitative estimate of drug-likeness (QED) is 0.453. The summed E-state index contributed by atoms with van der Waals surface area (Å²) in [5.41, 5.74) is 1.58. The van der Waals surface area contributed by atoms with E-state index in [0.717, 1.165) is 17.1 Å². The number of nitrogens with zero attached hydrogens (tertiary/aromatic N) is 4. The normalized spacial score (nSPS) is 20.1. The lowest BCUT2D eigenvalue weighted by Crippen LogP contribution is -2.41.